The number of carbonyl (C=O) groups is 2. The molecule has 0 bridgehead atoms. The van der Waals surface area contributed by atoms with Crippen molar-refractivity contribution in [3.63, 3.8) is 0 Å². The number of aromatic nitrogens is 2. The fourth-order valence-corrected chi connectivity index (χ4v) is 5.05. The maximum absolute atomic E-state index is 12.8. The zero-order valence-electron chi connectivity index (χ0n) is 17.9. The molecule has 2 aromatic carbocycles. The van der Waals surface area contributed by atoms with E-state index in [0.717, 1.165) is 4.90 Å². The summed E-state index contributed by atoms with van der Waals surface area (Å²) in [7, 11) is 1.65. The molecule has 0 saturated carbocycles. The molecule has 3 heterocycles. The molecule has 5 rings (SSSR count). The molecule has 2 amide bonds. The minimum absolute atomic E-state index is 0.0680. The Balaban J connectivity index is 1.27. The van der Waals surface area contributed by atoms with Crippen LogP contribution in [0.3, 0.4) is 0 Å². The third kappa shape index (κ3) is 3.91. The summed E-state index contributed by atoms with van der Waals surface area (Å²) in [5.74, 6) is 0.311. The van der Waals surface area contributed by atoms with Crippen LogP contribution < -0.4 is 21.5 Å². The van der Waals surface area contributed by atoms with Gasteiger partial charge in [-0.2, -0.15) is 0 Å². The van der Waals surface area contributed by atoms with E-state index in [-0.39, 0.29) is 29.8 Å². The van der Waals surface area contributed by atoms with Gasteiger partial charge in [0.25, 0.3) is 5.56 Å². The van der Waals surface area contributed by atoms with E-state index in [1.807, 2.05) is 12.1 Å². The van der Waals surface area contributed by atoms with Crippen LogP contribution in [0, 0.1) is 0 Å². The average Bonchev–Trinajstić information content (AvgIpc) is 3.19. The van der Waals surface area contributed by atoms with E-state index in [1.54, 1.807) is 37.4 Å². The van der Waals surface area contributed by atoms with Gasteiger partial charge in [0.15, 0.2) is 0 Å². The Morgan fingerprint density at radius 2 is 1.94 bits per heavy atom. The first kappa shape index (κ1) is 21.3. The van der Waals surface area contributed by atoms with Crippen molar-refractivity contribution in [2.45, 2.75) is 30.4 Å². The third-order valence-electron chi connectivity index (χ3n) is 5.95. The minimum atomic E-state index is -0.450. The van der Waals surface area contributed by atoms with Gasteiger partial charge in [-0.25, -0.2) is 9.59 Å². The van der Waals surface area contributed by atoms with Crippen molar-refractivity contribution >= 4 is 46.0 Å². The summed E-state index contributed by atoms with van der Waals surface area (Å²) in [6.45, 7) is 0.607. The number of anilines is 2. The lowest BCUT2D eigenvalue weighted by Crippen LogP contribution is -2.39. The van der Waals surface area contributed by atoms with Gasteiger partial charge in [0.2, 0.25) is 5.91 Å². The highest BCUT2D eigenvalue weighted by molar-refractivity contribution is 8.00. The Hall–Kier alpha value is -3.53. The number of hydrogen-bond acceptors (Lipinski definition) is 6. The molecule has 1 saturated heterocycles. The molecule has 1 N–H and O–H groups in total. The van der Waals surface area contributed by atoms with E-state index >= 15 is 0 Å². The summed E-state index contributed by atoms with van der Waals surface area (Å²) in [6.07, 6.45) is 0.226. The molecule has 1 aromatic heterocycles. The molecule has 0 aliphatic carbocycles. The fourth-order valence-electron chi connectivity index (χ4n) is 4.26. The highest BCUT2D eigenvalue weighted by Crippen LogP contribution is 2.35. The second kappa shape index (κ2) is 8.43. The van der Waals surface area contributed by atoms with Crippen LogP contribution in [0.25, 0.3) is 10.9 Å². The molecule has 33 heavy (non-hydrogen) atoms. The number of nitrogens with zero attached hydrogens (tertiary/aromatic N) is 3. The lowest BCUT2D eigenvalue weighted by molar-refractivity contribution is -0.113. The Kier molecular flexibility index (Phi) is 5.45. The highest BCUT2D eigenvalue weighted by atomic mass is 32.2. The third-order valence-corrected chi connectivity index (χ3v) is 7.02. The Morgan fingerprint density at radius 1 is 1.12 bits per heavy atom. The van der Waals surface area contributed by atoms with Crippen LogP contribution in [0.1, 0.15) is 12.8 Å². The van der Waals surface area contributed by atoms with Gasteiger partial charge in [0.1, 0.15) is 6.10 Å². The van der Waals surface area contributed by atoms with E-state index in [1.165, 1.54) is 25.8 Å². The van der Waals surface area contributed by atoms with Crippen LogP contribution in [0.5, 0.6) is 0 Å². The monoisotopic (exact) mass is 466 g/mol. The van der Waals surface area contributed by atoms with Crippen molar-refractivity contribution in [1.82, 2.24) is 9.13 Å². The SMILES string of the molecule is Cn1c(=O)n(CCCC2CN(c3ccc4c(c3)NC(=O)CS4)C(=O)O2)c(=O)c2ccccc21. The first-order valence-electron chi connectivity index (χ1n) is 10.7. The normalized spacial score (nSPS) is 17.7. The van der Waals surface area contributed by atoms with Crippen molar-refractivity contribution in [3.8, 4) is 0 Å². The summed E-state index contributed by atoms with van der Waals surface area (Å²) >= 11 is 1.46. The molecule has 2 aliphatic heterocycles. The van der Waals surface area contributed by atoms with Crippen molar-refractivity contribution in [1.29, 1.82) is 0 Å². The summed E-state index contributed by atoms with van der Waals surface area (Å²) in [5.41, 5.74) is 1.27. The predicted molar refractivity (Wildman–Crippen MR) is 126 cm³/mol. The Bertz CT molecular complexity index is 1400. The summed E-state index contributed by atoms with van der Waals surface area (Å²) in [4.78, 5) is 52.1. The van der Waals surface area contributed by atoms with Gasteiger partial charge >= 0.3 is 11.8 Å². The summed E-state index contributed by atoms with van der Waals surface area (Å²) < 4.78 is 8.22. The van der Waals surface area contributed by atoms with Crippen molar-refractivity contribution in [3.05, 3.63) is 63.3 Å². The number of hydrogen-bond donors (Lipinski definition) is 1. The maximum Gasteiger partial charge on any atom is 0.414 e. The van der Waals surface area contributed by atoms with E-state index in [2.05, 4.69) is 5.32 Å². The molecule has 1 unspecified atom stereocenters. The number of thioether (sulfide) groups is 1. The van der Waals surface area contributed by atoms with Gasteiger partial charge in [-0.15, -0.1) is 11.8 Å². The van der Waals surface area contributed by atoms with E-state index < -0.39 is 6.09 Å². The molecule has 0 spiro atoms. The first-order valence-corrected chi connectivity index (χ1v) is 11.6. The number of nitrogens with one attached hydrogen (secondary N) is 1. The van der Waals surface area contributed by atoms with Gasteiger partial charge in [-0.05, 0) is 43.2 Å². The van der Waals surface area contributed by atoms with E-state index in [4.69, 9.17) is 4.74 Å². The fraction of sp³-hybridized carbons (Fsp3) is 0.304. The van der Waals surface area contributed by atoms with Crippen molar-refractivity contribution < 1.29 is 14.3 Å². The van der Waals surface area contributed by atoms with E-state index in [0.29, 0.717) is 47.4 Å². The van der Waals surface area contributed by atoms with Gasteiger partial charge in [-0.1, -0.05) is 12.1 Å². The number of fused-ring (bicyclic) bond motifs is 2. The Labute approximate surface area is 192 Å². The van der Waals surface area contributed by atoms with Gasteiger partial charge in [0, 0.05) is 24.2 Å². The standard InChI is InChI=1S/C23H22N4O5S/c1-25-18-7-3-2-6-16(18)21(29)26(22(25)30)10-4-5-15-12-27(23(31)32-15)14-8-9-19-17(11-14)24-20(28)13-33-19/h2-3,6-9,11,15H,4-5,10,12-13H2,1H3,(H,24,28). The lowest BCUT2D eigenvalue weighted by atomic mass is 10.2. The molecule has 0 radical (unpaired) electrons. The van der Waals surface area contributed by atoms with Crippen molar-refractivity contribution in [2.75, 3.05) is 22.5 Å². The minimum Gasteiger partial charge on any atom is -0.444 e. The molecule has 1 atom stereocenters. The second-order valence-electron chi connectivity index (χ2n) is 8.09. The van der Waals surface area contributed by atoms with E-state index in [9.17, 15) is 19.2 Å². The van der Waals surface area contributed by atoms with Crippen molar-refractivity contribution in [2.24, 2.45) is 7.05 Å². The quantitative estimate of drug-likeness (QED) is 0.620. The van der Waals surface area contributed by atoms with Crippen LogP contribution in [0.2, 0.25) is 0 Å². The molecule has 9 nitrogen and oxygen atoms in total. The highest BCUT2D eigenvalue weighted by Gasteiger charge is 2.32. The number of ether oxygens (including phenoxy) is 1. The van der Waals surface area contributed by atoms with Crippen LogP contribution in [0.15, 0.2) is 56.9 Å². The lowest BCUT2D eigenvalue weighted by Gasteiger charge is -2.20. The molecule has 170 valence electrons. The largest absolute Gasteiger partial charge is 0.444 e. The molecule has 3 aromatic rings. The number of carbonyl (C=O) groups excluding carboxylic acids is 2. The maximum atomic E-state index is 12.8. The van der Waals surface area contributed by atoms with Gasteiger partial charge in [-0.3, -0.25) is 23.6 Å². The summed E-state index contributed by atoms with van der Waals surface area (Å²) in [6, 6.07) is 12.5. The number of amides is 2. The molecular formula is C23H22N4O5S. The summed E-state index contributed by atoms with van der Waals surface area (Å²) in [5, 5.41) is 3.32. The smallest absolute Gasteiger partial charge is 0.414 e. The van der Waals surface area contributed by atoms with Gasteiger partial charge in [0.05, 0.1) is 28.9 Å². The van der Waals surface area contributed by atoms with Gasteiger partial charge < -0.3 is 10.1 Å². The average molecular weight is 467 g/mol. The molecule has 1 fully saturated rings. The zero-order valence-corrected chi connectivity index (χ0v) is 18.8. The number of benzene rings is 2. The Morgan fingerprint density at radius 3 is 2.79 bits per heavy atom. The number of para-hydroxylation sites is 1. The number of rotatable bonds is 5. The number of aryl methyl sites for hydroxylation is 1. The van der Waals surface area contributed by atoms with Crippen LogP contribution in [0.4, 0.5) is 16.2 Å². The number of cyclic esters (lactones) is 1. The van der Waals surface area contributed by atoms with Crippen LogP contribution >= 0.6 is 11.8 Å². The second-order valence-corrected chi connectivity index (χ2v) is 9.11. The van der Waals surface area contributed by atoms with Crippen LogP contribution in [-0.4, -0.2) is 39.5 Å². The topological polar surface area (TPSA) is 103 Å². The molecular weight excluding hydrogens is 444 g/mol. The molecule has 2 aliphatic rings. The van der Waals surface area contributed by atoms with Crippen LogP contribution in [-0.2, 0) is 23.1 Å². The first-order chi connectivity index (χ1) is 15.9. The predicted octanol–water partition coefficient (Wildman–Crippen LogP) is 2.55. The molecule has 10 heteroatoms. The zero-order chi connectivity index (χ0) is 23.1.